The Labute approximate surface area is 211 Å². The van der Waals surface area contributed by atoms with Crippen LogP contribution in [0, 0.1) is 11.3 Å². The molecular weight excluding hydrogens is 482 g/mol. The highest BCUT2D eigenvalue weighted by Crippen LogP contribution is 2.29. The molecule has 2 aromatic carbocycles. The van der Waals surface area contributed by atoms with Gasteiger partial charge >= 0.3 is 5.97 Å². The van der Waals surface area contributed by atoms with E-state index in [2.05, 4.69) is 11.1 Å². The molecular formula is C27H22F2N4O4. The van der Waals surface area contributed by atoms with Crippen LogP contribution in [0.5, 0.6) is 0 Å². The second-order valence-electron chi connectivity index (χ2n) is 8.43. The minimum Gasteiger partial charge on any atom is -0.465 e. The summed E-state index contributed by atoms with van der Waals surface area (Å²) < 4.78 is 30.9. The van der Waals surface area contributed by atoms with Gasteiger partial charge in [0.05, 0.1) is 47.8 Å². The molecule has 1 aliphatic rings. The fourth-order valence-electron chi connectivity index (χ4n) is 4.22. The van der Waals surface area contributed by atoms with Gasteiger partial charge in [-0.3, -0.25) is 14.6 Å². The maximum Gasteiger partial charge on any atom is 0.340 e. The number of aromatic nitrogens is 1. The highest BCUT2D eigenvalue weighted by atomic mass is 19.3. The van der Waals surface area contributed by atoms with Crippen LogP contribution in [-0.4, -0.2) is 47.7 Å². The molecule has 0 bridgehead atoms. The van der Waals surface area contributed by atoms with E-state index >= 15 is 0 Å². The van der Waals surface area contributed by atoms with E-state index < -0.39 is 24.8 Å². The molecule has 0 unspecified atom stereocenters. The summed E-state index contributed by atoms with van der Waals surface area (Å²) in [6.07, 6.45) is -1.37. The van der Waals surface area contributed by atoms with Crippen molar-refractivity contribution in [2.24, 2.45) is 0 Å². The van der Waals surface area contributed by atoms with Gasteiger partial charge in [0.1, 0.15) is 0 Å². The Bertz CT molecular complexity index is 1420. The predicted octanol–water partition coefficient (Wildman–Crippen LogP) is 4.18. The fraction of sp³-hybridized carbons (Fsp3) is 0.222. The molecule has 0 aliphatic carbocycles. The van der Waals surface area contributed by atoms with E-state index in [9.17, 15) is 23.2 Å². The number of rotatable bonds is 6. The number of anilines is 1. The third-order valence-electron chi connectivity index (χ3n) is 6.04. The van der Waals surface area contributed by atoms with Gasteiger partial charge in [0.25, 0.3) is 12.3 Å². The van der Waals surface area contributed by atoms with Crippen LogP contribution < -0.4 is 4.90 Å². The van der Waals surface area contributed by atoms with Gasteiger partial charge in [0.15, 0.2) is 0 Å². The van der Waals surface area contributed by atoms with Crippen LogP contribution >= 0.6 is 0 Å². The van der Waals surface area contributed by atoms with Crippen LogP contribution in [0.4, 0.5) is 14.5 Å². The number of nitrogens with zero attached hydrogens (tertiary/aromatic N) is 4. The summed E-state index contributed by atoms with van der Waals surface area (Å²) >= 11 is 0. The minimum atomic E-state index is -2.79. The molecule has 2 heterocycles. The molecule has 8 nitrogen and oxygen atoms in total. The first-order valence-electron chi connectivity index (χ1n) is 11.3. The minimum absolute atomic E-state index is 0.00310. The second kappa shape index (κ2) is 10.5. The molecule has 0 radical (unpaired) electrons. The summed E-state index contributed by atoms with van der Waals surface area (Å²) in [5.74, 6) is -1.66. The van der Waals surface area contributed by atoms with E-state index in [0.29, 0.717) is 35.5 Å². The van der Waals surface area contributed by atoms with Crippen molar-refractivity contribution in [3.63, 3.8) is 0 Å². The second-order valence-corrected chi connectivity index (χ2v) is 8.43. The number of hydrogen-bond donors (Lipinski definition) is 0. The smallest absolute Gasteiger partial charge is 0.340 e. The molecule has 10 heteroatoms. The largest absolute Gasteiger partial charge is 0.465 e. The maximum absolute atomic E-state index is 13.1. The molecule has 0 atom stereocenters. The summed E-state index contributed by atoms with van der Waals surface area (Å²) in [7, 11) is 1.15. The van der Waals surface area contributed by atoms with Crippen LogP contribution in [0.1, 0.15) is 44.3 Å². The van der Waals surface area contributed by atoms with Gasteiger partial charge in [-0.25, -0.2) is 13.6 Å². The van der Waals surface area contributed by atoms with Crippen molar-refractivity contribution in [2.75, 3.05) is 18.6 Å². The Morgan fingerprint density at radius 3 is 2.49 bits per heavy atom. The molecule has 0 saturated carbocycles. The number of fused-ring (bicyclic) bond motifs is 1. The van der Waals surface area contributed by atoms with Crippen LogP contribution in [0.15, 0.2) is 54.7 Å². The van der Waals surface area contributed by atoms with Gasteiger partial charge in [-0.05, 0) is 47.5 Å². The first kappa shape index (κ1) is 25.4. The van der Waals surface area contributed by atoms with Crippen molar-refractivity contribution in [3.05, 3.63) is 82.5 Å². The highest BCUT2D eigenvalue weighted by molar-refractivity contribution is 6.03. The van der Waals surface area contributed by atoms with Gasteiger partial charge in [-0.15, -0.1) is 0 Å². The number of ether oxygens (including phenoxy) is 1. The van der Waals surface area contributed by atoms with Crippen LogP contribution in [0.25, 0.3) is 11.3 Å². The number of pyridine rings is 1. The lowest BCUT2D eigenvalue weighted by atomic mass is 10.0. The highest BCUT2D eigenvalue weighted by Gasteiger charge is 2.26. The normalized spacial score (nSPS) is 12.2. The molecule has 188 valence electrons. The predicted molar refractivity (Wildman–Crippen MR) is 130 cm³/mol. The number of carbonyl (C=O) groups is 3. The van der Waals surface area contributed by atoms with Gasteiger partial charge in [-0.2, -0.15) is 5.26 Å². The number of amides is 2. The van der Waals surface area contributed by atoms with Gasteiger partial charge in [0, 0.05) is 31.8 Å². The quantitative estimate of drug-likeness (QED) is 0.467. The van der Waals surface area contributed by atoms with E-state index in [1.54, 1.807) is 35.2 Å². The number of alkyl halides is 2. The number of benzene rings is 2. The number of methoxy groups -OCH3 is 1. The Kier molecular flexibility index (Phi) is 7.25. The molecule has 0 N–H and O–H groups in total. The molecule has 3 aromatic rings. The first-order valence-corrected chi connectivity index (χ1v) is 11.3. The van der Waals surface area contributed by atoms with E-state index in [4.69, 9.17) is 10.00 Å². The average Bonchev–Trinajstić information content (AvgIpc) is 3.34. The fourth-order valence-corrected chi connectivity index (χ4v) is 4.22. The van der Waals surface area contributed by atoms with E-state index in [1.165, 1.54) is 18.3 Å². The van der Waals surface area contributed by atoms with E-state index in [-0.39, 0.29) is 17.2 Å². The molecule has 2 amide bonds. The van der Waals surface area contributed by atoms with Crippen molar-refractivity contribution >= 4 is 23.5 Å². The van der Waals surface area contributed by atoms with Gasteiger partial charge in [-0.1, -0.05) is 12.1 Å². The molecule has 4 rings (SSSR count). The summed E-state index contributed by atoms with van der Waals surface area (Å²) in [5.41, 5.74) is 3.66. The Morgan fingerprint density at radius 2 is 1.86 bits per heavy atom. The van der Waals surface area contributed by atoms with Crippen LogP contribution in [0.2, 0.25) is 0 Å². The van der Waals surface area contributed by atoms with E-state index in [1.807, 2.05) is 6.07 Å². The Balaban J connectivity index is 1.58. The summed E-state index contributed by atoms with van der Waals surface area (Å²) in [6, 6.07) is 15.0. The number of esters is 1. The van der Waals surface area contributed by atoms with Crippen molar-refractivity contribution in [1.82, 2.24) is 9.88 Å². The maximum atomic E-state index is 13.1. The van der Waals surface area contributed by atoms with Crippen molar-refractivity contribution in [2.45, 2.75) is 26.4 Å². The molecule has 1 aliphatic heterocycles. The third kappa shape index (κ3) is 5.30. The zero-order valence-corrected chi connectivity index (χ0v) is 20.1. The number of halogens is 2. The zero-order chi connectivity index (χ0) is 26.7. The van der Waals surface area contributed by atoms with Crippen molar-refractivity contribution < 1.29 is 27.9 Å². The lowest BCUT2D eigenvalue weighted by molar-refractivity contribution is -0.117. The number of nitriles is 1. The van der Waals surface area contributed by atoms with Gasteiger partial charge < -0.3 is 14.5 Å². The molecule has 1 aromatic heterocycles. The Morgan fingerprint density at radius 1 is 1.11 bits per heavy atom. The standard InChI is InChI=1S/C27H22F2N4O4/c1-16(34)33(15-25(28)29)24-8-6-18(10-22(24)27(36)37-2)23-7-5-19(12-31-23)26(35)32-13-20-4-3-17(11-30)9-21(20)14-32/h3-10,12,25H,13-15H2,1-2H3. The lowest BCUT2D eigenvalue weighted by Crippen LogP contribution is -2.34. The summed E-state index contributed by atoms with van der Waals surface area (Å²) in [5, 5.41) is 9.09. The summed E-state index contributed by atoms with van der Waals surface area (Å²) in [6.45, 7) is 1.08. The molecule has 0 spiro atoms. The topological polar surface area (TPSA) is 104 Å². The van der Waals surface area contributed by atoms with Crippen LogP contribution in [-0.2, 0) is 22.6 Å². The number of carbonyl (C=O) groups excluding carboxylic acids is 3. The Hall–Kier alpha value is -4.65. The molecule has 0 saturated heterocycles. The third-order valence-corrected chi connectivity index (χ3v) is 6.04. The molecule has 37 heavy (non-hydrogen) atoms. The SMILES string of the molecule is COC(=O)c1cc(-c2ccc(C(=O)N3Cc4ccc(C#N)cc4C3)cn2)ccc1N(CC(F)F)C(C)=O. The van der Waals surface area contributed by atoms with Gasteiger partial charge in [0.2, 0.25) is 5.91 Å². The zero-order valence-electron chi connectivity index (χ0n) is 20.1. The van der Waals surface area contributed by atoms with Crippen molar-refractivity contribution in [1.29, 1.82) is 5.26 Å². The monoisotopic (exact) mass is 504 g/mol. The van der Waals surface area contributed by atoms with E-state index in [0.717, 1.165) is 30.1 Å². The van der Waals surface area contributed by atoms with Crippen molar-refractivity contribution in [3.8, 4) is 17.3 Å². The van der Waals surface area contributed by atoms with Crippen LogP contribution in [0.3, 0.4) is 0 Å². The lowest BCUT2D eigenvalue weighted by Gasteiger charge is -2.23. The average molecular weight is 504 g/mol. The first-order chi connectivity index (χ1) is 17.7. The molecule has 0 fully saturated rings. The summed E-state index contributed by atoms with van der Waals surface area (Å²) in [4.78, 5) is 44.3. The number of hydrogen-bond acceptors (Lipinski definition) is 6.